The van der Waals surface area contributed by atoms with Gasteiger partial charge in [0, 0.05) is 18.1 Å². The van der Waals surface area contributed by atoms with E-state index in [0.29, 0.717) is 6.04 Å². The summed E-state index contributed by atoms with van der Waals surface area (Å²) in [5, 5.41) is 3.79. The van der Waals surface area contributed by atoms with Crippen molar-refractivity contribution in [2.24, 2.45) is 0 Å². The minimum atomic E-state index is 0.713. The Morgan fingerprint density at radius 3 is 2.24 bits per heavy atom. The lowest BCUT2D eigenvalue weighted by Gasteiger charge is -2.44. The molecule has 3 nitrogen and oxygen atoms in total. The van der Waals surface area contributed by atoms with Gasteiger partial charge in [0.25, 0.3) is 0 Å². The van der Waals surface area contributed by atoms with E-state index in [1.54, 1.807) is 0 Å². The fourth-order valence-corrected chi connectivity index (χ4v) is 4.37. The van der Waals surface area contributed by atoms with Crippen LogP contribution in [-0.4, -0.2) is 61.2 Å². The van der Waals surface area contributed by atoms with Gasteiger partial charge in [-0.2, -0.15) is 0 Å². The van der Waals surface area contributed by atoms with Crippen LogP contribution in [0.25, 0.3) is 0 Å². The summed E-state index contributed by atoms with van der Waals surface area (Å²) in [5.74, 6) is 0. The van der Waals surface area contributed by atoms with Gasteiger partial charge in [0.15, 0.2) is 0 Å². The zero-order chi connectivity index (χ0) is 15.1. The number of nitrogens with zero attached hydrogens (tertiary/aromatic N) is 2. The second-order valence-corrected chi connectivity index (χ2v) is 7.05. The lowest BCUT2D eigenvalue weighted by atomic mass is 9.89. The standard InChI is InChI=1S/C18H37N3/c1-4-19-17-10-8-6-7-9-11-18(17)20(3)16-12-14-21(5-2)15-13-16/h16-19H,4-15H2,1-3H3. The Morgan fingerprint density at radius 1 is 0.952 bits per heavy atom. The molecule has 2 atom stereocenters. The van der Waals surface area contributed by atoms with Gasteiger partial charge in [0.2, 0.25) is 0 Å². The molecule has 1 aliphatic carbocycles. The molecule has 0 aromatic carbocycles. The Hall–Kier alpha value is -0.120. The van der Waals surface area contributed by atoms with Gasteiger partial charge in [-0.25, -0.2) is 0 Å². The van der Waals surface area contributed by atoms with Gasteiger partial charge in [0.1, 0.15) is 0 Å². The summed E-state index contributed by atoms with van der Waals surface area (Å²) >= 11 is 0. The smallest absolute Gasteiger partial charge is 0.0249 e. The third kappa shape index (κ3) is 4.94. The molecule has 0 amide bonds. The molecule has 1 N–H and O–H groups in total. The Labute approximate surface area is 132 Å². The molecule has 1 saturated carbocycles. The number of piperidine rings is 1. The number of hydrogen-bond donors (Lipinski definition) is 1. The zero-order valence-corrected chi connectivity index (χ0v) is 14.6. The van der Waals surface area contributed by atoms with Crippen molar-refractivity contribution < 1.29 is 0 Å². The molecule has 1 aliphatic heterocycles. The zero-order valence-electron chi connectivity index (χ0n) is 14.6. The lowest BCUT2D eigenvalue weighted by molar-refractivity contribution is 0.0711. The third-order valence-corrected chi connectivity index (χ3v) is 5.80. The van der Waals surface area contributed by atoms with Crippen molar-refractivity contribution in [3.05, 3.63) is 0 Å². The van der Waals surface area contributed by atoms with E-state index in [-0.39, 0.29) is 0 Å². The van der Waals surface area contributed by atoms with Crippen molar-refractivity contribution in [3.8, 4) is 0 Å². The first-order chi connectivity index (χ1) is 10.3. The Kier molecular flexibility index (Phi) is 7.48. The quantitative estimate of drug-likeness (QED) is 0.841. The maximum absolute atomic E-state index is 3.79. The second kappa shape index (κ2) is 9.12. The largest absolute Gasteiger partial charge is 0.313 e. The van der Waals surface area contributed by atoms with Crippen molar-refractivity contribution >= 4 is 0 Å². The second-order valence-electron chi connectivity index (χ2n) is 7.05. The lowest BCUT2D eigenvalue weighted by Crippen LogP contribution is -2.54. The van der Waals surface area contributed by atoms with E-state index in [4.69, 9.17) is 0 Å². The number of hydrogen-bond acceptors (Lipinski definition) is 3. The molecule has 124 valence electrons. The maximum Gasteiger partial charge on any atom is 0.0249 e. The molecule has 2 unspecified atom stereocenters. The Balaban J connectivity index is 1.94. The van der Waals surface area contributed by atoms with Crippen LogP contribution in [0.5, 0.6) is 0 Å². The van der Waals surface area contributed by atoms with E-state index >= 15 is 0 Å². The van der Waals surface area contributed by atoms with Gasteiger partial charge in [-0.05, 0) is 58.9 Å². The molecule has 0 spiro atoms. The van der Waals surface area contributed by atoms with Gasteiger partial charge in [-0.1, -0.05) is 39.5 Å². The molecular weight excluding hydrogens is 258 g/mol. The van der Waals surface area contributed by atoms with Crippen molar-refractivity contribution in [2.45, 2.75) is 83.3 Å². The summed E-state index contributed by atoms with van der Waals surface area (Å²) in [4.78, 5) is 5.36. The fraction of sp³-hybridized carbons (Fsp3) is 1.00. The summed E-state index contributed by atoms with van der Waals surface area (Å²) in [6.07, 6.45) is 11.2. The molecule has 2 rings (SSSR count). The predicted molar refractivity (Wildman–Crippen MR) is 91.9 cm³/mol. The van der Waals surface area contributed by atoms with Crippen molar-refractivity contribution in [1.29, 1.82) is 0 Å². The van der Waals surface area contributed by atoms with Crippen LogP contribution in [0.1, 0.15) is 65.2 Å². The minimum absolute atomic E-state index is 0.713. The molecule has 0 bridgehead atoms. The van der Waals surface area contributed by atoms with Gasteiger partial charge < -0.3 is 10.2 Å². The first kappa shape index (κ1) is 17.2. The molecule has 3 heteroatoms. The highest BCUT2D eigenvalue weighted by Gasteiger charge is 2.31. The van der Waals surface area contributed by atoms with Crippen LogP contribution >= 0.6 is 0 Å². The van der Waals surface area contributed by atoms with Crippen LogP contribution in [-0.2, 0) is 0 Å². The van der Waals surface area contributed by atoms with Crippen LogP contribution in [0, 0.1) is 0 Å². The highest BCUT2D eigenvalue weighted by atomic mass is 15.2. The van der Waals surface area contributed by atoms with Crippen molar-refractivity contribution in [2.75, 3.05) is 33.2 Å². The molecule has 1 saturated heterocycles. The van der Waals surface area contributed by atoms with Crippen LogP contribution in [0.3, 0.4) is 0 Å². The van der Waals surface area contributed by atoms with Gasteiger partial charge in [-0.15, -0.1) is 0 Å². The first-order valence-electron chi connectivity index (χ1n) is 9.44. The number of likely N-dealkylation sites (tertiary alicyclic amines) is 1. The molecule has 2 fully saturated rings. The SMILES string of the molecule is CCNC1CCCCCCC1N(C)C1CCN(CC)CC1. The molecule has 1 heterocycles. The molecule has 0 aromatic heterocycles. The van der Waals surface area contributed by atoms with E-state index in [1.165, 1.54) is 71.0 Å². The molecule has 2 aliphatic rings. The molecule has 21 heavy (non-hydrogen) atoms. The first-order valence-corrected chi connectivity index (χ1v) is 9.44. The molecule has 0 aromatic rings. The minimum Gasteiger partial charge on any atom is -0.313 e. The van der Waals surface area contributed by atoms with Crippen molar-refractivity contribution in [1.82, 2.24) is 15.1 Å². The average molecular weight is 296 g/mol. The topological polar surface area (TPSA) is 18.5 Å². The highest BCUT2D eigenvalue weighted by molar-refractivity contribution is 4.89. The summed E-state index contributed by atoms with van der Waals surface area (Å²) in [6.45, 7) is 9.48. The summed E-state index contributed by atoms with van der Waals surface area (Å²) in [7, 11) is 2.41. The summed E-state index contributed by atoms with van der Waals surface area (Å²) in [5.41, 5.74) is 0. The third-order valence-electron chi connectivity index (χ3n) is 5.80. The van der Waals surface area contributed by atoms with Gasteiger partial charge >= 0.3 is 0 Å². The Morgan fingerprint density at radius 2 is 1.62 bits per heavy atom. The van der Waals surface area contributed by atoms with Crippen LogP contribution in [0.2, 0.25) is 0 Å². The van der Waals surface area contributed by atoms with E-state index in [9.17, 15) is 0 Å². The van der Waals surface area contributed by atoms with Crippen molar-refractivity contribution in [3.63, 3.8) is 0 Å². The van der Waals surface area contributed by atoms with E-state index in [1.807, 2.05) is 0 Å². The Bertz CT molecular complexity index is 274. The normalized spacial score (nSPS) is 30.3. The average Bonchev–Trinajstić information content (AvgIpc) is 2.50. The van der Waals surface area contributed by atoms with Crippen LogP contribution in [0.15, 0.2) is 0 Å². The van der Waals surface area contributed by atoms with E-state index in [2.05, 4.69) is 36.0 Å². The number of likely N-dealkylation sites (N-methyl/N-ethyl adjacent to an activating group) is 2. The number of nitrogens with one attached hydrogen (secondary N) is 1. The van der Waals surface area contributed by atoms with E-state index < -0.39 is 0 Å². The van der Waals surface area contributed by atoms with Gasteiger partial charge in [0.05, 0.1) is 0 Å². The molecular formula is C18H37N3. The predicted octanol–water partition coefficient (Wildman–Crippen LogP) is 3.10. The van der Waals surface area contributed by atoms with Crippen LogP contribution in [0.4, 0.5) is 0 Å². The highest BCUT2D eigenvalue weighted by Crippen LogP contribution is 2.25. The number of rotatable bonds is 5. The van der Waals surface area contributed by atoms with Crippen LogP contribution < -0.4 is 5.32 Å². The monoisotopic (exact) mass is 295 g/mol. The summed E-state index contributed by atoms with van der Waals surface area (Å²) < 4.78 is 0. The van der Waals surface area contributed by atoms with Gasteiger partial charge in [-0.3, -0.25) is 4.90 Å². The summed E-state index contributed by atoms with van der Waals surface area (Å²) in [6, 6.07) is 2.27. The maximum atomic E-state index is 3.79. The van der Waals surface area contributed by atoms with E-state index in [0.717, 1.165) is 18.6 Å². The fourth-order valence-electron chi connectivity index (χ4n) is 4.37. The molecule has 0 radical (unpaired) electrons.